The third-order valence-electron chi connectivity index (χ3n) is 4.14. The zero-order chi connectivity index (χ0) is 22.9. The Morgan fingerprint density at radius 1 is 1.26 bits per heavy atom. The molecule has 1 aliphatic heterocycles. The molecule has 0 fully saturated rings. The molecule has 0 aromatic heterocycles. The van der Waals surface area contributed by atoms with Gasteiger partial charge in [0.2, 0.25) is 16.2 Å². The van der Waals surface area contributed by atoms with Crippen LogP contribution in [0.1, 0.15) is 10.4 Å². The van der Waals surface area contributed by atoms with Gasteiger partial charge in [-0.05, 0) is 30.3 Å². The second-order valence-corrected chi connectivity index (χ2v) is 8.55. The number of primary sulfonamides is 1. The first-order valence-corrected chi connectivity index (χ1v) is 10.6. The molecule has 1 amide bonds. The van der Waals surface area contributed by atoms with Gasteiger partial charge in [-0.2, -0.15) is 15.3 Å². The number of aromatic hydroxyl groups is 1. The number of azo groups is 1. The Bertz CT molecular complexity index is 1270. The standard InChI is InChI=1S/C17H13Cl2N7O4S/c1-22-12-7-23-26(13-5-11(19)15(6-10(13)18)31(21,29)30)17(12)25-24-8-2-3-14(27)9(4-8)16(20)28/h2-7,12,17,27H,(H2,20,28)(H2,21,29,30). The van der Waals surface area contributed by atoms with E-state index in [2.05, 4.69) is 20.2 Å². The second kappa shape index (κ2) is 8.48. The fourth-order valence-corrected chi connectivity index (χ4v) is 4.08. The molecule has 3 rings (SSSR count). The van der Waals surface area contributed by atoms with Crippen LogP contribution in [0.2, 0.25) is 10.0 Å². The highest BCUT2D eigenvalue weighted by Crippen LogP contribution is 2.37. The molecule has 14 heteroatoms. The molecule has 0 saturated carbocycles. The molecular formula is C17H13Cl2N7O4S. The molecule has 31 heavy (non-hydrogen) atoms. The van der Waals surface area contributed by atoms with Crippen molar-refractivity contribution < 1.29 is 18.3 Å². The Balaban J connectivity index is 2.00. The molecule has 2 unspecified atom stereocenters. The smallest absolute Gasteiger partial charge is 0.303 e. The van der Waals surface area contributed by atoms with E-state index in [-0.39, 0.29) is 37.6 Å². The highest BCUT2D eigenvalue weighted by Gasteiger charge is 2.38. The number of rotatable bonds is 5. The number of halogens is 2. The first-order valence-electron chi connectivity index (χ1n) is 8.28. The fraction of sp³-hybridized carbons (Fsp3) is 0.118. The van der Waals surface area contributed by atoms with Crippen molar-refractivity contribution >= 4 is 56.7 Å². The van der Waals surface area contributed by atoms with Crippen molar-refractivity contribution in [2.24, 2.45) is 26.2 Å². The molecule has 2 aromatic rings. The molecular weight excluding hydrogens is 469 g/mol. The maximum absolute atomic E-state index is 11.6. The van der Waals surface area contributed by atoms with Crippen molar-refractivity contribution in [2.75, 3.05) is 5.01 Å². The number of primary amides is 1. The van der Waals surface area contributed by atoms with Crippen LogP contribution in [-0.2, 0) is 10.0 Å². The minimum absolute atomic E-state index is 0.0444. The first-order chi connectivity index (χ1) is 14.5. The molecule has 0 aliphatic carbocycles. The van der Waals surface area contributed by atoms with Gasteiger partial charge in [-0.3, -0.25) is 4.79 Å². The summed E-state index contributed by atoms with van der Waals surface area (Å²) in [5.74, 6) is -1.16. The van der Waals surface area contributed by atoms with Crippen molar-refractivity contribution in [1.82, 2.24) is 0 Å². The fourth-order valence-electron chi connectivity index (χ4n) is 2.67. The van der Waals surface area contributed by atoms with E-state index >= 15 is 0 Å². The molecule has 160 valence electrons. The van der Waals surface area contributed by atoms with Crippen molar-refractivity contribution in [2.45, 2.75) is 17.1 Å². The predicted octanol–water partition coefficient (Wildman–Crippen LogP) is 2.65. The lowest BCUT2D eigenvalue weighted by Gasteiger charge is -2.21. The lowest BCUT2D eigenvalue weighted by Crippen LogP contribution is -2.32. The van der Waals surface area contributed by atoms with Gasteiger partial charge in [0.15, 0.2) is 0 Å². The van der Waals surface area contributed by atoms with Gasteiger partial charge in [-0.25, -0.2) is 25.1 Å². The molecule has 5 N–H and O–H groups in total. The summed E-state index contributed by atoms with van der Waals surface area (Å²) in [4.78, 5) is 14.4. The Morgan fingerprint density at radius 2 is 1.97 bits per heavy atom. The third-order valence-corrected chi connectivity index (χ3v) is 5.82. The quantitative estimate of drug-likeness (QED) is 0.439. The number of hydrogen-bond donors (Lipinski definition) is 3. The van der Waals surface area contributed by atoms with Gasteiger partial charge >= 0.3 is 6.04 Å². The minimum Gasteiger partial charge on any atom is -0.507 e. The Hall–Kier alpha value is -3.24. The summed E-state index contributed by atoms with van der Waals surface area (Å²) in [5.41, 5.74) is 5.42. The topological polar surface area (TPSA) is 168 Å². The van der Waals surface area contributed by atoms with E-state index in [0.29, 0.717) is 0 Å². The van der Waals surface area contributed by atoms with Crippen molar-refractivity contribution in [3.63, 3.8) is 0 Å². The summed E-state index contributed by atoms with van der Waals surface area (Å²) in [5, 5.41) is 28.0. The average Bonchev–Trinajstić information content (AvgIpc) is 3.10. The van der Waals surface area contributed by atoms with E-state index in [1.165, 1.54) is 35.5 Å². The molecule has 1 heterocycles. The number of amides is 1. The Morgan fingerprint density at radius 3 is 2.58 bits per heavy atom. The van der Waals surface area contributed by atoms with Gasteiger partial charge in [-0.1, -0.05) is 23.2 Å². The largest absolute Gasteiger partial charge is 0.507 e. The van der Waals surface area contributed by atoms with Gasteiger partial charge in [0.1, 0.15) is 16.9 Å². The van der Waals surface area contributed by atoms with E-state index in [1.54, 1.807) is 0 Å². The van der Waals surface area contributed by atoms with Crippen LogP contribution in [0.25, 0.3) is 4.85 Å². The van der Waals surface area contributed by atoms with E-state index < -0.39 is 28.1 Å². The van der Waals surface area contributed by atoms with Crippen LogP contribution in [0.4, 0.5) is 11.4 Å². The number of hydrazone groups is 1. The van der Waals surface area contributed by atoms with E-state index in [9.17, 15) is 18.3 Å². The monoisotopic (exact) mass is 481 g/mol. The normalized spacial score (nSPS) is 18.5. The summed E-state index contributed by atoms with van der Waals surface area (Å²) in [7, 11) is -4.11. The van der Waals surface area contributed by atoms with Gasteiger partial charge in [0.05, 0.1) is 27.0 Å². The van der Waals surface area contributed by atoms with Crippen molar-refractivity contribution in [1.29, 1.82) is 0 Å². The van der Waals surface area contributed by atoms with Gasteiger partial charge in [-0.15, -0.1) is 0 Å². The zero-order valence-electron chi connectivity index (χ0n) is 15.3. The Kier molecular flexibility index (Phi) is 6.14. The average molecular weight is 482 g/mol. The number of anilines is 1. The zero-order valence-corrected chi connectivity index (χ0v) is 17.7. The predicted molar refractivity (Wildman–Crippen MR) is 114 cm³/mol. The van der Waals surface area contributed by atoms with Gasteiger partial charge in [0.25, 0.3) is 5.91 Å². The molecule has 0 spiro atoms. The van der Waals surface area contributed by atoms with Crippen LogP contribution < -0.4 is 15.9 Å². The van der Waals surface area contributed by atoms with Crippen LogP contribution in [0.3, 0.4) is 0 Å². The third kappa shape index (κ3) is 4.59. The summed E-state index contributed by atoms with van der Waals surface area (Å²) in [6, 6.07) is 5.32. The maximum Gasteiger partial charge on any atom is 0.303 e. The number of carbonyl (C=O) groups is 1. The number of sulfonamides is 1. The summed E-state index contributed by atoms with van der Waals surface area (Å²) in [6.45, 7) is 7.35. The number of nitrogens with zero attached hydrogens (tertiary/aromatic N) is 5. The van der Waals surface area contributed by atoms with E-state index in [0.717, 1.165) is 6.07 Å². The van der Waals surface area contributed by atoms with Crippen LogP contribution in [-0.4, -0.2) is 37.9 Å². The second-order valence-electron chi connectivity index (χ2n) is 6.20. The lowest BCUT2D eigenvalue weighted by atomic mass is 10.1. The van der Waals surface area contributed by atoms with Crippen LogP contribution >= 0.6 is 23.2 Å². The van der Waals surface area contributed by atoms with E-state index in [4.69, 9.17) is 40.6 Å². The molecule has 2 aromatic carbocycles. The summed E-state index contributed by atoms with van der Waals surface area (Å²) >= 11 is 12.2. The van der Waals surface area contributed by atoms with Gasteiger partial charge < -0.3 is 15.7 Å². The molecule has 1 aliphatic rings. The van der Waals surface area contributed by atoms with E-state index in [1.807, 2.05) is 0 Å². The van der Waals surface area contributed by atoms with Crippen LogP contribution in [0.15, 0.2) is 50.6 Å². The maximum atomic E-state index is 11.6. The van der Waals surface area contributed by atoms with Crippen LogP contribution in [0, 0.1) is 6.57 Å². The molecule has 2 atom stereocenters. The molecule has 0 radical (unpaired) electrons. The highest BCUT2D eigenvalue weighted by atomic mass is 35.5. The number of benzene rings is 2. The molecule has 0 saturated heterocycles. The number of phenols is 1. The lowest BCUT2D eigenvalue weighted by molar-refractivity contribution is 0.0997. The molecule has 0 bridgehead atoms. The number of hydrogen-bond acceptors (Lipinski definition) is 8. The SMILES string of the molecule is [C-]#[N+]C1C=NN(c2cc(Cl)c(S(N)(=O)=O)cc2Cl)C1N=Nc1ccc(O)c(C(N)=O)c1. The first kappa shape index (κ1) is 22.4. The number of carbonyl (C=O) groups excluding carboxylic acids is 1. The van der Waals surface area contributed by atoms with Crippen molar-refractivity contribution in [3.8, 4) is 5.75 Å². The molecule has 11 nitrogen and oxygen atoms in total. The number of nitrogens with two attached hydrogens (primary N) is 2. The summed E-state index contributed by atoms with van der Waals surface area (Å²) in [6.07, 6.45) is 0.345. The van der Waals surface area contributed by atoms with Gasteiger partial charge in [0, 0.05) is 0 Å². The Labute approximate surface area is 186 Å². The van der Waals surface area contributed by atoms with Crippen LogP contribution in [0.5, 0.6) is 5.75 Å². The summed E-state index contributed by atoms with van der Waals surface area (Å²) < 4.78 is 23.3. The highest BCUT2D eigenvalue weighted by molar-refractivity contribution is 7.89. The minimum atomic E-state index is -4.11. The van der Waals surface area contributed by atoms with Crippen molar-refractivity contribution in [3.05, 3.63) is 57.4 Å².